The summed E-state index contributed by atoms with van der Waals surface area (Å²) >= 11 is 0. The van der Waals surface area contributed by atoms with Crippen LogP contribution >= 0.6 is 0 Å². The van der Waals surface area contributed by atoms with Crippen LogP contribution in [-0.2, 0) is 6.18 Å². The van der Waals surface area contributed by atoms with Crippen molar-refractivity contribution in [1.29, 1.82) is 0 Å². The van der Waals surface area contributed by atoms with Gasteiger partial charge in [-0.05, 0) is 24.5 Å². The summed E-state index contributed by atoms with van der Waals surface area (Å²) in [5.41, 5.74) is 0.205. The summed E-state index contributed by atoms with van der Waals surface area (Å²) in [4.78, 5) is 16.3. The van der Waals surface area contributed by atoms with Crippen LogP contribution in [-0.4, -0.2) is 27.2 Å². The van der Waals surface area contributed by atoms with E-state index in [0.717, 1.165) is 31.5 Å². The lowest BCUT2D eigenvalue weighted by atomic mass is 10.1. The Hall–Kier alpha value is -2.38. The molecule has 0 aromatic carbocycles. The first-order valence-electron chi connectivity index (χ1n) is 8.65. The highest BCUT2D eigenvalue weighted by molar-refractivity contribution is 5.95. The number of hydrogen-bond donors (Lipinski definition) is 1. The van der Waals surface area contributed by atoms with Gasteiger partial charge in [-0.25, -0.2) is 9.67 Å². The fourth-order valence-electron chi connectivity index (χ4n) is 2.62. The van der Waals surface area contributed by atoms with Gasteiger partial charge in [-0.1, -0.05) is 33.6 Å². The van der Waals surface area contributed by atoms with Crippen LogP contribution in [0.15, 0.2) is 24.5 Å². The standard InChI is InChI=1S/C18H23F3N4O/c1-4-5-6-9-22-17(26)14-11-24-25(16(14)12(2)3)15-8-7-13(10-23-15)18(19,20)21/h7-8,10-12H,4-6,9H2,1-3H3,(H,22,26). The van der Waals surface area contributed by atoms with Gasteiger partial charge in [0.1, 0.15) is 0 Å². The number of halogens is 3. The molecule has 0 radical (unpaired) electrons. The summed E-state index contributed by atoms with van der Waals surface area (Å²) < 4.78 is 39.5. The van der Waals surface area contributed by atoms with E-state index >= 15 is 0 Å². The van der Waals surface area contributed by atoms with E-state index < -0.39 is 11.7 Å². The molecule has 2 aromatic heterocycles. The van der Waals surface area contributed by atoms with Crippen molar-refractivity contribution >= 4 is 5.91 Å². The topological polar surface area (TPSA) is 59.8 Å². The Balaban J connectivity index is 2.27. The highest BCUT2D eigenvalue weighted by Crippen LogP contribution is 2.29. The van der Waals surface area contributed by atoms with E-state index in [1.807, 2.05) is 13.8 Å². The minimum absolute atomic E-state index is 0.0574. The number of carbonyl (C=O) groups excluding carboxylic acids is 1. The molecular weight excluding hydrogens is 345 g/mol. The van der Waals surface area contributed by atoms with Gasteiger partial charge in [-0.2, -0.15) is 18.3 Å². The summed E-state index contributed by atoms with van der Waals surface area (Å²) in [7, 11) is 0. The number of nitrogens with one attached hydrogen (secondary N) is 1. The summed E-state index contributed by atoms with van der Waals surface area (Å²) in [5, 5.41) is 7.04. The molecule has 1 amide bonds. The molecule has 0 unspecified atom stereocenters. The molecule has 0 fully saturated rings. The van der Waals surface area contributed by atoms with Gasteiger partial charge in [0.2, 0.25) is 0 Å². The van der Waals surface area contributed by atoms with Crippen molar-refractivity contribution in [2.45, 2.75) is 52.1 Å². The number of alkyl halides is 3. The first-order valence-corrected chi connectivity index (χ1v) is 8.65. The molecule has 8 heteroatoms. The van der Waals surface area contributed by atoms with Gasteiger partial charge < -0.3 is 5.32 Å². The lowest BCUT2D eigenvalue weighted by molar-refractivity contribution is -0.137. The summed E-state index contributed by atoms with van der Waals surface area (Å²) in [6.07, 6.45) is 0.750. The molecule has 0 aliphatic carbocycles. The van der Waals surface area contributed by atoms with Crippen LogP contribution in [0.25, 0.3) is 5.82 Å². The summed E-state index contributed by atoms with van der Waals surface area (Å²) in [5.74, 6) is -0.0484. The van der Waals surface area contributed by atoms with E-state index in [2.05, 4.69) is 22.3 Å². The molecule has 0 saturated heterocycles. The maximum absolute atomic E-state index is 12.7. The quantitative estimate of drug-likeness (QED) is 0.740. The average molecular weight is 368 g/mol. The fourth-order valence-corrected chi connectivity index (χ4v) is 2.62. The predicted molar refractivity (Wildman–Crippen MR) is 92.3 cm³/mol. The smallest absolute Gasteiger partial charge is 0.352 e. The number of carbonyl (C=O) groups is 1. The van der Waals surface area contributed by atoms with E-state index in [9.17, 15) is 18.0 Å². The first kappa shape index (κ1) is 19.9. The Morgan fingerprint density at radius 1 is 1.23 bits per heavy atom. The summed E-state index contributed by atoms with van der Waals surface area (Å²) in [6.45, 7) is 6.45. The van der Waals surface area contributed by atoms with Crippen molar-refractivity contribution in [2.75, 3.05) is 6.54 Å². The van der Waals surface area contributed by atoms with Crippen molar-refractivity contribution in [3.63, 3.8) is 0 Å². The highest BCUT2D eigenvalue weighted by Gasteiger charge is 2.31. The molecule has 5 nitrogen and oxygen atoms in total. The Morgan fingerprint density at radius 2 is 1.96 bits per heavy atom. The molecule has 1 N–H and O–H groups in total. The molecular formula is C18H23F3N4O. The fraction of sp³-hybridized carbons (Fsp3) is 0.500. The third-order valence-corrected chi connectivity index (χ3v) is 3.96. The predicted octanol–water partition coefficient (Wildman–Crippen LogP) is 4.33. The Morgan fingerprint density at radius 3 is 2.50 bits per heavy atom. The van der Waals surface area contributed by atoms with Crippen molar-refractivity contribution in [3.8, 4) is 5.82 Å². The van der Waals surface area contributed by atoms with Gasteiger partial charge in [0, 0.05) is 12.7 Å². The number of nitrogens with zero attached hydrogens (tertiary/aromatic N) is 3. The molecule has 2 heterocycles. The number of hydrogen-bond acceptors (Lipinski definition) is 3. The maximum atomic E-state index is 12.7. The lowest BCUT2D eigenvalue weighted by Crippen LogP contribution is -2.25. The monoisotopic (exact) mass is 368 g/mol. The van der Waals surface area contributed by atoms with E-state index in [4.69, 9.17) is 0 Å². The Bertz CT molecular complexity index is 736. The van der Waals surface area contributed by atoms with Crippen LogP contribution in [0.1, 0.15) is 67.6 Å². The molecule has 0 spiro atoms. The second kappa shape index (κ2) is 8.33. The maximum Gasteiger partial charge on any atom is 0.417 e. The third-order valence-electron chi connectivity index (χ3n) is 3.96. The minimum Gasteiger partial charge on any atom is -0.352 e. The van der Waals surface area contributed by atoms with Gasteiger partial charge in [-0.15, -0.1) is 0 Å². The minimum atomic E-state index is -4.44. The Kier molecular flexibility index (Phi) is 6.39. The van der Waals surface area contributed by atoms with Crippen LogP contribution in [0.2, 0.25) is 0 Å². The van der Waals surface area contributed by atoms with Crippen molar-refractivity contribution in [2.24, 2.45) is 0 Å². The molecule has 0 saturated carbocycles. The molecule has 0 bridgehead atoms. The molecule has 0 atom stereocenters. The van der Waals surface area contributed by atoms with Crippen molar-refractivity contribution in [3.05, 3.63) is 41.3 Å². The molecule has 0 aliphatic heterocycles. The van der Waals surface area contributed by atoms with E-state index in [1.165, 1.54) is 16.9 Å². The second-order valence-electron chi connectivity index (χ2n) is 6.38. The van der Waals surface area contributed by atoms with E-state index in [1.54, 1.807) is 0 Å². The van der Waals surface area contributed by atoms with Crippen molar-refractivity contribution < 1.29 is 18.0 Å². The van der Waals surface area contributed by atoms with Gasteiger partial charge in [0.15, 0.2) is 5.82 Å². The largest absolute Gasteiger partial charge is 0.417 e. The zero-order chi connectivity index (χ0) is 19.3. The number of aromatic nitrogens is 3. The van der Waals surface area contributed by atoms with Crippen LogP contribution < -0.4 is 5.32 Å². The third kappa shape index (κ3) is 4.62. The lowest BCUT2D eigenvalue weighted by Gasteiger charge is -2.13. The number of rotatable bonds is 7. The van der Waals surface area contributed by atoms with Crippen LogP contribution in [0.4, 0.5) is 13.2 Å². The average Bonchev–Trinajstić information content (AvgIpc) is 3.03. The zero-order valence-electron chi connectivity index (χ0n) is 15.1. The second-order valence-corrected chi connectivity index (χ2v) is 6.38. The number of pyridine rings is 1. The first-order chi connectivity index (χ1) is 12.3. The number of amides is 1. The molecule has 2 aromatic rings. The number of unbranched alkanes of at least 4 members (excludes halogenated alkanes) is 2. The molecule has 0 aliphatic rings. The van der Waals surface area contributed by atoms with Gasteiger partial charge in [0.25, 0.3) is 5.91 Å². The summed E-state index contributed by atoms with van der Waals surface area (Å²) in [6, 6.07) is 2.21. The molecule has 2 rings (SSSR count). The molecule has 142 valence electrons. The highest BCUT2D eigenvalue weighted by atomic mass is 19.4. The van der Waals surface area contributed by atoms with Crippen molar-refractivity contribution in [1.82, 2.24) is 20.1 Å². The zero-order valence-corrected chi connectivity index (χ0v) is 15.1. The Labute approximate surface area is 150 Å². The van der Waals surface area contributed by atoms with Gasteiger partial charge in [0.05, 0.1) is 23.0 Å². The van der Waals surface area contributed by atoms with E-state index in [0.29, 0.717) is 17.8 Å². The normalized spacial score (nSPS) is 11.8. The van der Waals surface area contributed by atoms with E-state index in [-0.39, 0.29) is 17.6 Å². The van der Waals surface area contributed by atoms with Crippen LogP contribution in [0, 0.1) is 0 Å². The van der Waals surface area contributed by atoms with Crippen LogP contribution in [0.3, 0.4) is 0 Å². The van der Waals surface area contributed by atoms with Gasteiger partial charge >= 0.3 is 6.18 Å². The van der Waals surface area contributed by atoms with Crippen LogP contribution in [0.5, 0.6) is 0 Å². The van der Waals surface area contributed by atoms with Gasteiger partial charge in [-0.3, -0.25) is 4.79 Å². The SMILES string of the molecule is CCCCCNC(=O)c1cnn(-c2ccc(C(F)(F)F)cn2)c1C(C)C. The molecule has 26 heavy (non-hydrogen) atoms.